The van der Waals surface area contributed by atoms with E-state index in [0.29, 0.717) is 4.90 Å². The summed E-state index contributed by atoms with van der Waals surface area (Å²) >= 11 is 0.766. The number of benzene rings is 2. The van der Waals surface area contributed by atoms with Gasteiger partial charge in [-0.1, -0.05) is 18.2 Å². The maximum atomic E-state index is 14.8. The molecule has 0 atom stereocenters. The summed E-state index contributed by atoms with van der Waals surface area (Å²) in [6.45, 7) is 2.58. The molecule has 1 aromatic heterocycles. The number of thiophene rings is 1. The van der Waals surface area contributed by atoms with Gasteiger partial charge in [-0.15, -0.1) is 11.3 Å². The van der Waals surface area contributed by atoms with E-state index in [9.17, 15) is 36.7 Å². The van der Waals surface area contributed by atoms with Crippen molar-refractivity contribution < 1.29 is 36.7 Å². The number of carboxylic acids is 1. The Kier molecular flexibility index (Phi) is 5.65. The fourth-order valence-corrected chi connectivity index (χ4v) is 6.30. The molecule has 1 aliphatic rings. The van der Waals surface area contributed by atoms with E-state index in [2.05, 4.69) is 0 Å². The molecule has 1 aliphatic heterocycles. The van der Waals surface area contributed by atoms with Gasteiger partial charge in [-0.3, -0.25) is 9.59 Å². The Balaban J connectivity index is 1.84. The summed E-state index contributed by atoms with van der Waals surface area (Å²) < 4.78 is 54.4. The number of carboxylic acid groups (broad SMARTS) is 1. The Morgan fingerprint density at radius 2 is 1.76 bits per heavy atom. The van der Waals surface area contributed by atoms with E-state index in [1.807, 2.05) is 0 Å². The van der Waals surface area contributed by atoms with Gasteiger partial charge in [0.05, 0.1) is 27.3 Å². The van der Waals surface area contributed by atoms with Crippen molar-refractivity contribution in [3.05, 3.63) is 81.0 Å². The highest BCUT2D eigenvalue weighted by molar-refractivity contribution is 7.92. The molecule has 0 radical (unpaired) electrons. The average Bonchev–Trinajstić information content (AvgIpc) is 3.19. The maximum absolute atomic E-state index is 14.8. The number of rotatable bonds is 5. The number of nitrogens with zero attached hydrogens (tertiary/aromatic N) is 1. The Labute approximate surface area is 197 Å². The van der Waals surface area contributed by atoms with Crippen LogP contribution in [-0.2, 0) is 25.8 Å². The normalized spacial score (nSPS) is 14.3. The summed E-state index contributed by atoms with van der Waals surface area (Å²) in [7, 11) is -4.35. The predicted molar refractivity (Wildman–Crippen MR) is 120 cm³/mol. The summed E-state index contributed by atoms with van der Waals surface area (Å²) in [5.74, 6) is -5.08. The van der Waals surface area contributed by atoms with Crippen LogP contribution in [-0.4, -0.2) is 31.3 Å². The zero-order valence-electron chi connectivity index (χ0n) is 17.8. The van der Waals surface area contributed by atoms with Crippen LogP contribution in [0.5, 0.6) is 0 Å². The smallest absolute Gasteiger partial charge is 0.346 e. The molecule has 0 saturated heterocycles. The van der Waals surface area contributed by atoms with Gasteiger partial charge in [0.25, 0.3) is 5.91 Å². The molecule has 0 fully saturated rings. The van der Waals surface area contributed by atoms with Crippen molar-refractivity contribution in [2.24, 2.45) is 0 Å². The first-order chi connectivity index (χ1) is 15.9. The molecule has 4 rings (SSSR count). The standard InChI is InChI=1S/C23H17F2NO6S2/c1-23(2,14-5-3-4-6-15(14)24)34(31,32)13-7-8-16(25)17(10-13)26-18(27)9-12-11-33-20(22(29)30)19(12)21(26)28/h3-8,10-11H,9H2,1-2H3,(H,29,30). The molecule has 1 N–H and O–H groups in total. The number of hydrogen-bond acceptors (Lipinski definition) is 6. The molecule has 7 nitrogen and oxygen atoms in total. The van der Waals surface area contributed by atoms with Crippen molar-refractivity contribution in [2.75, 3.05) is 4.90 Å². The molecule has 2 aromatic carbocycles. The van der Waals surface area contributed by atoms with Gasteiger partial charge in [0.2, 0.25) is 5.91 Å². The van der Waals surface area contributed by atoms with Gasteiger partial charge < -0.3 is 5.11 Å². The summed E-state index contributed by atoms with van der Waals surface area (Å²) in [5.41, 5.74) is -0.774. The van der Waals surface area contributed by atoms with E-state index >= 15 is 0 Å². The van der Waals surface area contributed by atoms with Crippen LogP contribution in [0.3, 0.4) is 0 Å². The fraction of sp³-hybridized carbons (Fsp3) is 0.174. The molecule has 176 valence electrons. The summed E-state index contributed by atoms with van der Waals surface area (Å²) in [4.78, 5) is 37.0. The molecule has 0 saturated carbocycles. The van der Waals surface area contributed by atoms with E-state index in [4.69, 9.17) is 0 Å². The predicted octanol–water partition coefficient (Wildman–Crippen LogP) is 4.16. The second-order valence-electron chi connectivity index (χ2n) is 8.09. The Morgan fingerprint density at radius 1 is 1.09 bits per heavy atom. The van der Waals surface area contributed by atoms with Crippen LogP contribution in [0.1, 0.15) is 45.0 Å². The van der Waals surface area contributed by atoms with Crippen LogP contribution in [0.25, 0.3) is 0 Å². The molecule has 3 aromatic rings. The molecule has 11 heteroatoms. The summed E-state index contributed by atoms with van der Waals surface area (Å²) in [6.07, 6.45) is -0.359. The van der Waals surface area contributed by atoms with E-state index < -0.39 is 54.6 Å². The number of aromatic carboxylic acids is 1. The van der Waals surface area contributed by atoms with Gasteiger partial charge in [-0.25, -0.2) is 26.9 Å². The minimum Gasteiger partial charge on any atom is -0.477 e. The summed E-state index contributed by atoms with van der Waals surface area (Å²) in [6, 6.07) is 7.92. The number of anilines is 1. The molecule has 0 spiro atoms. The number of hydrogen-bond donors (Lipinski definition) is 1. The molecule has 2 amide bonds. The lowest BCUT2D eigenvalue weighted by Crippen LogP contribution is -2.43. The van der Waals surface area contributed by atoms with Crippen LogP contribution in [0.15, 0.2) is 52.7 Å². The minimum atomic E-state index is -4.35. The second-order valence-corrected chi connectivity index (χ2v) is 11.5. The number of amides is 2. The largest absolute Gasteiger partial charge is 0.477 e. The van der Waals surface area contributed by atoms with Crippen molar-refractivity contribution in [3.8, 4) is 0 Å². The average molecular weight is 506 g/mol. The third-order valence-electron chi connectivity index (χ3n) is 5.73. The van der Waals surface area contributed by atoms with Gasteiger partial charge in [-0.2, -0.15) is 0 Å². The van der Waals surface area contributed by atoms with Crippen molar-refractivity contribution >= 4 is 44.6 Å². The van der Waals surface area contributed by atoms with Crippen LogP contribution in [0.4, 0.5) is 14.5 Å². The number of carbonyl (C=O) groups is 3. The lowest BCUT2D eigenvalue weighted by Gasteiger charge is -2.28. The molecule has 0 bridgehead atoms. The molecular formula is C23H17F2NO6S2. The highest BCUT2D eigenvalue weighted by Crippen LogP contribution is 2.39. The van der Waals surface area contributed by atoms with Crippen LogP contribution < -0.4 is 4.90 Å². The van der Waals surface area contributed by atoms with E-state index in [-0.39, 0.29) is 28.0 Å². The van der Waals surface area contributed by atoms with Gasteiger partial charge in [0.15, 0.2) is 9.84 Å². The lowest BCUT2D eigenvalue weighted by molar-refractivity contribution is -0.117. The topological polar surface area (TPSA) is 109 Å². The third kappa shape index (κ3) is 3.51. The monoisotopic (exact) mass is 505 g/mol. The second kappa shape index (κ2) is 8.10. The van der Waals surface area contributed by atoms with Crippen LogP contribution in [0, 0.1) is 11.6 Å². The molecule has 0 unspecified atom stereocenters. The zero-order valence-corrected chi connectivity index (χ0v) is 19.5. The maximum Gasteiger partial charge on any atom is 0.346 e. The molecule has 2 heterocycles. The Morgan fingerprint density at radius 3 is 2.41 bits per heavy atom. The quantitative estimate of drug-likeness (QED) is 0.412. The Hall–Kier alpha value is -3.44. The van der Waals surface area contributed by atoms with Crippen molar-refractivity contribution in [1.82, 2.24) is 0 Å². The fourth-order valence-electron chi connectivity index (χ4n) is 3.85. The molecule has 34 heavy (non-hydrogen) atoms. The van der Waals surface area contributed by atoms with E-state index in [1.54, 1.807) is 0 Å². The first kappa shape index (κ1) is 23.7. The minimum absolute atomic E-state index is 0.111. The van der Waals surface area contributed by atoms with Gasteiger partial charge >= 0.3 is 5.97 Å². The molecule has 0 aliphatic carbocycles. The van der Waals surface area contributed by atoms with Gasteiger partial charge in [0, 0.05) is 5.56 Å². The number of fused-ring (bicyclic) bond motifs is 1. The van der Waals surface area contributed by atoms with Crippen molar-refractivity contribution in [1.29, 1.82) is 0 Å². The van der Waals surface area contributed by atoms with Crippen molar-refractivity contribution in [3.63, 3.8) is 0 Å². The van der Waals surface area contributed by atoms with Gasteiger partial charge in [-0.05, 0) is 49.1 Å². The zero-order chi connectivity index (χ0) is 25.0. The van der Waals surface area contributed by atoms with Crippen LogP contribution in [0.2, 0.25) is 0 Å². The first-order valence-electron chi connectivity index (χ1n) is 9.88. The number of imide groups is 1. The third-order valence-corrected chi connectivity index (χ3v) is 9.19. The highest BCUT2D eigenvalue weighted by Gasteiger charge is 2.42. The van der Waals surface area contributed by atoms with Gasteiger partial charge in [0.1, 0.15) is 16.5 Å². The van der Waals surface area contributed by atoms with Crippen molar-refractivity contribution in [2.45, 2.75) is 29.9 Å². The summed E-state index contributed by atoms with van der Waals surface area (Å²) in [5, 5.41) is 10.7. The number of carbonyl (C=O) groups excluding carboxylic acids is 2. The number of sulfone groups is 1. The number of halogens is 2. The SMILES string of the molecule is CC(C)(c1ccccc1F)S(=O)(=O)c1ccc(F)c(N2C(=O)Cc3csc(C(=O)O)c3C2=O)c1. The van der Waals surface area contributed by atoms with Crippen LogP contribution >= 0.6 is 11.3 Å². The first-order valence-corrected chi connectivity index (χ1v) is 12.2. The Bertz CT molecular complexity index is 1480. The van der Waals surface area contributed by atoms with E-state index in [1.165, 1.54) is 37.4 Å². The lowest BCUT2D eigenvalue weighted by atomic mass is 10.0. The highest BCUT2D eigenvalue weighted by atomic mass is 32.2. The molecular weight excluding hydrogens is 488 g/mol. The van der Waals surface area contributed by atoms with E-state index in [0.717, 1.165) is 35.6 Å².